The highest BCUT2D eigenvalue weighted by Crippen LogP contribution is 2.22. The standard InChI is InChI=1S/C16H16N2OS/c1-12-5-3-7-14(11-12)18(2)16(19)15-13(6-4-9-17)8-10-20-15/h3,5,7-8,10-11H,9,17H2,1-2H3. The molecule has 102 valence electrons. The maximum atomic E-state index is 12.5. The average molecular weight is 284 g/mol. The monoisotopic (exact) mass is 284 g/mol. The van der Waals surface area contributed by atoms with Crippen molar-refractivity contribution in [2.24, 2.45) is 5.73 Å². The second kappa shape index (κ2) is 6.38. The number of thiophene rings is 1. The van der Waals surface area contributed by atoms with Gasteiger partial charge < -0.3 is 10.6 Å². The first kappa shape index (κ1) is 14.3. The molecule has 2 rings (SSSR count). The summed E-state index contributed by atoms with van der Waals surface area (Å²) in [5, 5.41) is 1.87. The molecule has 1 amide bonds. The first-order valence-corrected chi connectivity index (χ1v) is 7.12. The Morgan fingerprint density at radius 3 is 2.90 bits per heavy atom. The summed E-state index contributed by atoms with van der Waals surface area (Å²) in [5.41, 5.74) is 8.11. The Bertz CT molecular complexity index is 679. The van der Waals surface area contributed by atoms with Crippen LogP contribution in [0.5, 0.6) is 0 Å². The van der Waals surface area contributed by atoms with Crippen LogP contribution < -0.4 is 10.6 Å². The zero-order valence-corrected chi connectivity index (χ0v) is 12.3. The number of benzene rings is 1. The van der Waals surface area contributed by atoms with Gasteiger partial charge in [-0.3, -0.25) is 4.79 Å². The molecule has 0 aliphatic heterocycles. The number of carbonyl (C=O) groups is 1. The predicted octanol–water partition coefficient (Wildman–Crippen LogP) is 2.64. The Hall–Kier alpha value is -2.09. The first-order valence-electron chi connectivity index (χ1n) is 6.24. The van der Waals surface area contributed by atoms with E-state index in [1.807, 2.05) is 42.6 Å². The summed E-state index contributed by atoms with van der Waals surface area (Å²) < 4.78 is 0. The Labute approximate surface area is 123 Å². The van der Waals surface area contributed by atoms with E-state index in [-0.39, 0.29) is 12.5 Å². The lowest BCUT2D eigenvalue weighted by Crippen LogP contribution is -2.26. The number of nitrogens with two attached hydrogens (primary N) is 1. The molecule has 4 heteroatoms. The first-order chi connectivity index (χ1) is 9.63. The van der Waals surface area contributed by atoms with E-state index in [1.54, 1.807) is 11.9 Å². The predicted molar refractivity (Wildman–Crippen MR) is 84.2 cm³/mol. The van der Waals surface area contributed by atoms with E-state index in [0.717, 1.165) is 16.8 Å². The number of amides is 1. The quantitative estimate of drug-likeness (QED) is 0.862. The van der Waals surface area contributed by atoms with E-state index in [2.05, 4.69) is 11.8 Å². The van der Waals surface area contributed by atoms with Crippen LogP contribution in [0.3, 0.4) is 0 Å². The van der Waals surface area contributed by atoms with Gasteiger partial charge in [-0.25, -0.2) is 0 Å². The molecule has 0 aliphatic rings. The molecule has 0 unspecified atom stereocenters. The van der Waals surface area contributed by atoms with Gasteiger partial charge in [0, 0.05) is 18.3 Å². The van der Waals surface area contributed by atoms with Gasteiger partial charge in [0.25, 0.3) is 5.91 Å². The number of hydrogen-bond acceptors (Lipinski definition) is 3. The smallest absolute Gasteiger partial charge is 0.269 e. The van der Waals surface area contributed by atoms with E-state index in [4.69, 9.17) is 5.73 Å². The largest absolute Gasteiger partial charge is 0.320 e. The third-order valence-corrected chi connectivity index (χ3v) is 3.78. The lowest BCUT2D eigenvalue weighted by atomic mass is 10.2. The second-order valence-electron chi connectivity index (χ2n) is 4.37. The Balaban J connectivity index is 2.30. The molecule has 20 heavy (non-hydrogen) atoms. The fourth-order valence-corrected chi connectivity index (χ4v) is 2.65. The molecule has 0 fully saturated rings. The molecule has 0 saturated heterocycles. The van der Waals surface area contributed by atoms with Crippen molar-refractivity contribution in [2.75, 3.05) is 18.5 Å². The molecule has 0 atom stereocenters. The molecule has 1 aromatic carbocycles. The van der Waals surface area contributed by atoms with E-state index in [9.17, 15) is 4.79 Å². The molecular weight excluding hydrogens is 268 g/mol. The van der Waals surface area contributed by atoms with Crippen LogP contribution >= 0.6 is 11.3 Å². The minimum absolute atomic E-state index is 0.0491. The lowest BCUT2D eigenvalue weighted by molar-refractivity contribution is 0.0996. The van der Waals surface area contributed by atoms with E-state index in [0.29, 0.717) is 4.88 Å². The second-order valence-corrected chi connectivity index (χ2v) is 5.29. The molecule has 3 nitrogen and oxygen atoms in total. The van der Waals surface area contributed by atoms with E-state index in [1.165, 1.54) is 11.3 Å². The third kappa shape index (κ3) is 3.08. The molecule has 0 bridgehead atoms. The van der Waals surface area contributed by atoms with Gasteiger partial charge in [-0.1, -0.05) is 24.0 Å². The zero-order valence-electron chi connectivity index (χ0n) is 11.5. The van der Waals surface area contributed by atoms with Gasteiger partial charge in [0.15, 0.2) is 0 Å². The van der Waals surface area contributed by atoms with Gasteiger partial charge in [0.1, 0.15) is 4.88 Å². The normalized spacial score (nSPS) is 9.75. The van der Waals surface area contributed by atoms with Crippen LogP contribution in [0.4, 0.5) is 5.69 Å². The summed E-state index contributed by atoms with van der Waals surface area (Å²) in [6, 6.07) is 9.70. The highest BCUT2D eigenvalue weighted by atomic mass is 32.1. The molecule has 2 N–H and O–H groups in total. The number of nitrogens with zero attached hydrogens (tertiary/aromatic N) is 1. The van der Waals surface area contributed by atoms with E-state index >= 15 is 0 Å². The van der Waals surface area contributed by atoms with Crippen molar-refractivity contribution in [3.05, 3.63) is 51.7 Å². The number of aryl methyl sites for hydroxylation is 1. The maximum absolute atomic E-state index is 12.5. The van der Waals surface area contributed by atoms with Crippen LogP contribution in [0.15, 0.2) is 35.7 Å². The Morgan fingerprint density at radius 1 is 1.40 bits per heavy atom. The van der Waals surface area contributed by atoms with Crippen LogP contribution in [0.2, 0.25) is 0 Å². The van der Waals surface area contributed by atoms with Gasteiger partial charge in [-0.05, 0) is 36.1 Å². The summed E-state index contributed by atoms with van der Waals surface area (Å²) in [7, 11) is 1.77. The third-order valence-electron chi connectivity index (χ3n) is 2.88. The van der Waals surface area contributed by atoms with Crippen molar-refractivity contribution >= 4 is 22.9 Å². The minimum Gasteiger partial charge on any atom is -0.320 e. The van der Waals surface area contributed by atoms with Crippen LogP contribution in [0.1, 0.15) is 20.8 Å². The van der Waals surface area contributed by atoms with Gasteiger partial charge in [-0.2, -0.15) is 0 Å². The summed E-state index contributed by atoms with van der Waals surface area (Å²) in [5.74, 6) is 5.68. The topological polar surface area (TPSA) is 46.3 Å². The van der Waals surface area contributed by atoms with Crippen LogP contribution in [-0.4, -0.2) is 19.5 Å². The van der Waals surface area contributed by atoms with Crippen LogP contribution in [0.25, 0.3) is 0 Å². The van der Waals surface area contributed by atoms with Crippen LogP contribution in [-0.2, 0) is 0 Å². The van der Waals surface area contributed by atoms with Gasteiger partial charge in [0.2, 0.25) is 0 Å². The van der Waals surface area contributed by atoms with Gasteiger partial charge in [0.05, 0.1) is 6.54 Å². The summed E-state index contributed by atoms with van der Waals surface area (Å²) in [4.78, 5) is 14.8. The zero-order chi connectivity index (χ0) is 14.5. The Kier molecular flexibility index (Phi) is 4.57. The highest BCUT2D eigenvalue weighted by molar-refractivity contribution is 7.12. The van der Waals surface area contributed by atoms with Gasteiger partial charge >= 0.3 is 0 Å². The van der Waals surface area contributed by atoms with Crippen molar-refractivity contribution in [1.29, 1.82) is 0 Å². The summed E-state index contributed by atoms with van der Waals surface area (Å²) >= 11 is 1.40. The summed E-state index contributed by atoms with van der Waals surface area (Å²) in [6.45, 7) is 2.29. The molecule has 0 spiro atoms. The fraction of sp³-hybridized carbons (Fsp3) is 0.188. The molecule has 0 aliphatic carbocycles. The highest BCUT2D eigenvalue weighted by Gasteiger charge is 2.17. The molecular formula is C16H16N2OS. The molecule has 0 saturated carbocycles. The average Bonchev–Trinajstić information content (AvgIpc) is 2.91. The lowest BCUT2D eigenvalue weighted by Gasteiger charge is -2.17. The SMILES string of the molecule is Cc1cccc(N(C)C(=O)c2sccc2C#CCN)c1. The molecule has 1 aromatic heterocycles. The van der Waals surface area contributed by atoms with Gasteiger partial charge in [-0.15, -0.1) is 11.3 Å². The molecule has 2 aromatic rings. The number of anilines is 1. The number of carbonyl (C=O) groups excluding carboxylic acids is 1. The van der Waals surface area contributed by atoms with Crippen molar-refractivity contribution < 1.29 is 4.79 Å². The minimum atomic E-state index is -0.0491. The fourth-order valence-electron chi connectivity index (χ4n) is 1.83. The van der Waals surface area contributed by atoms with Crippen molar-refractivity contribution in [3.63, 3.8) is 0 Å². The maximum Gasteiger partial charge on any atom is 0.269 e. The Morgan fingerprint density at radius 2 is 2.20 bits per heavy atom. The number of rotatable bonds is 2. The van der Waals surface area contributed by atoms with E-state index < -0.39 is 0 Å². The summed E-state index contributed by atoms with van der Waals surface area (Å²) in [6.07, 6.45) is 0. The molecule has 1 heterocycles. The van der Waals surface area contributed by atoms with Crippen molar-refractivity contribution in [3.8, 4) is 11.8 Å². The van der Waals surface area contributed by atoms with Crippen molar-refractivity contribution in [2.45, 2.75) is 6.92 Å². The molecule has 0 radical (unpaired) electrons. The van der Waals surface area contributed by atoms with Crippen molar-refractivity contribution in [1.82, 2.24) is 0 Å². The van der Waals surface area contributed by atoms with Crippen LogP contribution in [0, 0.1) is 18.8 Å². The number of hydrogen-bond donors (Lipinski definition) is 1.